The number of rotatable bonds is 11. The maximum atomic E-state index is 14.0. The molecule has 0 aromatic heterocycles. The molecule has 2 amide bonds. The number of carbonyl (C=O) groups is 2. The van der Waals surface area contributed by atoms with Crippen LogP contribution in [-0.4, -0.2) is 50.9 Å². The van der Waals surface area contributed by atoms with Gasteiger partial charge in [0.15, 0.2) is 0 Å². The highest BCUT2D eigenvalue weighted by Crippen LogP contribution is 2.33. The van der Waals surface area contributed by atoms with E-state index in [9.17, 15) is 18.0 Å². The third-order valence-electron chi connectivity index (χ3n) is 6.08. The summed E-state index contributed by atoms with van der Waals surface area (Å²) in [7, 11) is -2.73. The van der Waals surface area contributed by atoms with E-state index in [1.807, 2.05) is 45.0 Å². The largest absolute Gasteiger partial charge is 0.495 e. The van der Waals surface area contributed by atoms with Gasteiger partial charge in [-0.3, -0.25) is 13.9 Å². The monoisotopic (exact) mass is 615 g/mol. The van der Waals surface area contributed by atoms with Crippen LogP contribution >= 0.6 is 15.9 Å². The van der Waals surface area contributed by atoms with Crippen LogP contribution in [0, 0.1) is 6.92 Å². The fourth-order valence-electron chi connectivity index (χ4n) is 4.00. The Kier molecular flexibility index (Phi) is 10.2. The van der Waals surface area contributed by atoms with Crippen LogP contribution in [0.5, 0.6) is 5.75 Å². The number of nitrogens with one attached hydrogen (secondary N) is 1. The van der Waals surface area contributed by atoms with Gasteiger partial charge in [-0.05, 0) is 75.2 Å². The van der Waals surface area contributed by atoms with Gasteiger partial charge in [0.1, 0.15) is 18.3 Å². The number of carbonyl (C=O) groups excluding carboxylic acids is 2. The molecular weight excluding hydrogens is 582 g/mol. The summed E-state index contributed by atoms with van der Waals surface area (Å²) in [5, 5.41) is 2.85. The molecule has 8 nitrogen and oxygen atoms in total. The Bertz CT molecular complexity index is 1400. The van der Waals surface area contributed by atoms with Crippen LogP contribution in [0.25, 0.3) is 0 Å². The van der Waals surface area contributed by atoms with Crippen molar-refractivity contribution in [1.82, 2.24) is 10.2 Å². The number of benzene rings is 3. The predicted molar refractivity (Wildman–Crippen MR) is 156 cm³/mol. The second-order valence-corrected chi connectivity index (χ2v) is 12.3. The first kappa shape index (κ1) is 30.2. The van der Waals surface area contributed by atoms with E-state index in [0.29, 0.717) is 5.75 Å². The average Bonchev–Trinajstić information content (AvgIpc) is 2.90. The highest BCUT2D eigenvalue weighted by atomic mass is 79.9. The van der Waals surface area contributed by atoms with E-state index in [4.69, 9.17) is 4.74 Å². The van der Waals surface area contributed by atoms with Crippen LogP contribution < -0.4 is 14.4 Å². The smallest absolute Gasteiger partial charge is 0.264 e. The summed E-state index contributed by atoms with van der Waals surface area (Å²) in [4.78, 5) is 28.4. The number of aryl methyl sites for hydroxylation is 1. The van der Waals surface area contributed by atoms with E-state index in [1.54, 1.807) is 43.3 Å². The topological polar surface area (TPSA) is 96.0 Å². The van der Waals surface area contributed by atoms with Crippen LogP contribution in [-0.2, 0) is 26.2 Å². The molecule has 3 aromatic rings. The highest BCUT2D eigenvalue weighted by Gasteiger charge is 2.34. The summed E-state index contributed by atoms with van der Waals surface area (Å²) in [5.41, 5.74) is 1.82. The Morgan fingerprint density at radius 2 is 1.62 bits per heavy atom. The quantitative estimate of drug-likeness (QED) is 0.331. The highest BCUT2D eigenvalue weighted by molar-refractivity contribution is 9.10. The van der Waals surface area contributed by atoms with Crippen LogP contribution in [0.3, 0.4) is 0 Å². The summed E-state index contributed by atoms with van der Waals surface area (Å²) >= 11 is 3.41. The fraction of sp³-hybridized carbons (Fsp3) is 0.310. The van der Waals surface area contributed by atoms with Crippen molar-refractivity contribution in [2.45, 2.75) is 51.2 Å². The first-order valence-electron chi connectivity index (χ1n) is 12.5. The third-order valence-corrected chi connectivity index (χ3v) is 8.38. The molecule has 3 rings (SSSR count). The van der Waals surface area contributed by atoms with Gasteiger partial charge in [-0.15, -0.1) is 0 Å². The van der Waals surface area contributed by atoms with Crippen molar-refractivity contribution < 1.29 is 22.7 Å². The van der Waals surface area contributed by atoms with Crippen molar-refractivity contribution in [3.63, 3.8) is 0 Å². The molecule has 0 aliphatic rings. The van der Waals surface area contributed by atoms with Gasteiger partial charge < -0.3 is 15.0 Å². The van der Waals surface area contributed by atoms with Crippen LogP contribution in [0.1, 0.15) is 31.9 Å². The molecule has 39 heavy (non-hydrogen) atoms. The van der Waals surface area contributed by atoms with Crippen molar-refractivity contribution in [3.8, 4) is 5.75 Å². The van der Waals surface area contributed by atoms with Gasteiger partial charge in [0, 0.05) is 17.1 Å². The molecule has 1 atom stereocenters. The minimum absolute atomic E-state index is 0.0337. The lowest BCUT2D eigenvalue weighted by molar-refractivity contribution is -0.139. The Hall–Kier alpha value is -3.37. The van der Waals surface area contributed by atoms with Gasteiger partial charge in [-0.2, -0.15) is 0 Å². The van der Waals surface area contributed by atoms with E-state index in [2.05, 4.69) is 21.2 Å². The van der Waals surface area contributed by atoms with Crippen molar-refractivity contribution in [3.05, 3.63) is 88.4 Å². The van der Waals surface area contributed by atoms with Crippen molar-refractivity contribution in [2.75, 3.05) is 18.0 Å². The van der Waals surface area contributed by atoms with Crippen LogP contribution in [0.2, 0.25) is 0 Å². The van der Waals surface area contributed by atoms with Gasteiger partial charge in [0.05, 0.1) is 17.7 Å². The molecule has 0 fully saturated rings. The molecule has 1 N–H and O–H groups in total. The van der Waals surface area contributed by atoms with Crippen molar-refractivity contribution in [2.24, 2.45) is 0 Å². The number of halogens is 1. The molecular formula is C29H34BrN3O5S. The molecule has 10 heteroatoms. The standard InChI is InChI=1S/C29H34BrN3O5S/c1-20(2)31-29(35)22(4)32(18-23-12-14-24(30)15-13-23)28(34)19-33(26-17-21(3)11-16-27(26)38-5)39(36,37)25-9-7-6-8-10-25/h6-17,20,22H,18-19H2,1-5H3,(H,31,35)/t22-/m1/s1. The zero-order valence-electron chi connectivity index (χ0n) is 22.7. The number of ether oxygens (including phenoxy) is 1. The predicted octanol–water partition coefficient (Wildman–Crippen LogP) is 4.90. The average molecular weight is 617 g/mol. The molecule has 0 spiro atoms. The second-order valence-electron chi connectivity index (χ2n) is 9.49. The van der Waals surface area contributed by atoms with Gasteiger partial charge in [0.2, 0.25) is 11.8 Å². The summed E-state index contributed by atoms with van der Waals surface area (Å²) in [6, 6.07) is 19.5. The molecule has 0 unspecified atom stereocenters. The van der Waals surface area contributed by atoms with E-state index in [1.165, 1.54) is 24.1 Å². The molecule has 0 saturated carbocycles. The van der Waals surface area contributed by atoms with E-state index >= 15 is 0 Å². The van der Waals surface area contributed by atoms with E-state index in [-0.39, 0.29) is 29.1 Å². The number of hydrogen-bond donors (Lipinski definition) is 1. The lowest BCUT2D eigenvalue weighted by Gasteiger charge is -2.32. The molecule has 0 radical (unpaired) electrons. The fourth-order valence-corrected chi connectivity index (χ4v) is 5.70. The summed E-state index contributed by atoms with van der Waals surface area (Å²) in [6.45, 7) is 6.72. The van der Waals surface area contributed by atoms with Gasteiger partial charge >= 0.3 is 0 Å². The number of methoxy groups -OCH3 is 1. The van der Waals surface area contributed by atoms with E-state index in [0.717, 1.165) is 19.9 Å². The normalized spacial score (nSPS) is 12.1. The number of hydrogen-bond acceptors (Lipinski definition) is 5. The van der Waals surface area contributed by atoms with Crippen molar-refractivity contribution in [1.29, 1.82) is 0 Å². The molecule has 0 aliphatic carbocycles. The molecule has 0 heterocycles. The van der Waals surface area contributed by atoms with Gasteiger partial charge in [-0.1, -0.05) is 52.3 Å². The second kappa shape index (κ2) is 13.1. The Morgan fingerprint density at radius 1 is 0.974 bits per heavy atom. The van der Waals surface area contributed by atoms with E-state index < -0.39 is 28.5 Å². The number of sulfonamides is 1. The summed E-state index contributed by atoms with van der Waals surface area (Å²) < 4.78 is 35.3. The number of amides is 2. The summed E-state index contributed by atoms with van der Waals surface area (Å²) in [6.07, 6.45) is 0. The lowest BCUT2D eigenvalue weighted by Crippen LogP contribution is -2.52. The van der Waals surface area contributed by atoms with Crippen LogP contribution in [0.15, 0.2) is 82.2 Å². The zero-order chi connectivity index (χ0) is 28.7. The Labute approximate surface area is 239 Å². The number of nitrogens with zero attached hydrogens (tertiary/aromatic N) is 2. The zero-order valence-corrected chi connectivity index (χ0v) is 25.1. The van der Waals surface area contributed by atoms with Gasteiger partial charge in [0.25, 0.3) is 10.0 Å². The molecule has 0 aliphatic heterocycles. The number of anilines is 1. The Balaban J connectivity index is 2.08. The van der Waals surface area contributed by atoms with Crippen molar-refractivity contribution >= 4 is 43.5 Å². The first-order chi connectivity index (χ1) is 18.4. The lowest BCUT2D eigenvalue weighted by atomic mass is 10.1. The minimum atomic E-state index is -4.18. The Morgan fingerprint density at radius 3 is 2.21 bits per heavy atom. The summed E-state index contributed by atoms with van der Waals surface area (Å²) in [5.74, 6) is -0.564. The maximum Gasteiger partial charge on any atom is 0.264 e. The molecule has 3 aromatic carbocycles. The third kappa shape index (κ3) is 7.60. The van der Waals surface area contributed by atoms with Gasteiger partial charge in [-0.25, -0.2) is 8.42 Å². The molecule has 208 valence electrons. The van der Waals surface area contributed by atoms with Crippen LogP contribution in [0.4, 0.5) is 5.69 Å². The molecule has 0 bridgehead atoms. The first-order valence-corrected chi connectivity index (χ1v) is 14.7. The maximum absolute atomic E-state index is 14.0. The molecule has 0 saturated heterocycles. The SMILES string of the molecule is COc1ccc(C)cc1N(CC(=O)N(Cc1ccc(Br)cc1)[C@H](C)C(=O)NC(C)C)S(=O)(=O)c1ccccc1. The minimum Gasteiger partial charge on any atom is -0.495 e.